The zero-order valence-electron chi connectivity index (χ0n) is 20.1. The van der Waals surface area contributed by atoms with Crippen molar-refractivity contribution in [1.82, 2.24) is 9.88 Å². The van der Waals surface area contributed by atoms with Gasteiger partial charge in [0.05, 0.1) is 6.54 Å². The normalized spacial score (nSPS) is 10.5. The number of rotatable bonds is 11. The number of ether oxygens (including phenoxy) is 2. The summed E-state index contributed by atoms with van der Waals surface area (Å²) >= 11 is 1.27. The van der Waals surface area contributed by atoms with E-state index in [1.54, 1.807) is 11.4 Å². The number of para-hydroxylation sites is 1. The largest absolute Gasteiger partial charge is 0.486 e. The number of thiazole rings is 1. The van der Waals surface area contributed by atoms with Crippen molar-refractivity contribution in [2.45, 2.75) is 33.8 Å². The summed E-state index contributed by atoms with van der Waals surface area (Å²) < 4.78 is 10.8. The number of aromatic nitrogens is 1. The first-order valence-electron chi connectivity index (χ1n) is 11.3. The maximum absolute atomic E-state index is 12.6. The summed E-state index contributed by atoms with van der Waals surface area (Å²) in [6.07, 6.45) is 0.660. The molecule has 2 amide bonds. The van der Waals surface area contributed by atoms with Gasteiger partial charge in [-0.1, -0.05) is 42.8 Å². The Morgan fingerprint density at radius 3 is 2.51 bits per heavy atom. The second-order valence-corrected chi connectivity index (χ2v) is 8.93. The lowest BCUT2D eigenvalue weighted by Crippen LogP contribution is -2.40. The predicted octanol–water partition coefficient (Wildman–Crippen LogP) is 4.37. The third-order valence-electron chi connectivity index (χ3n) is 5.07. The van der Waals surface area contributed by atoms with E-state index < -0.39 is 18.5 Å². The first kappa shape index (κ1) is 25.9. The average Bonchev–Trinajstić information content (AvgIpc) is 3.32. The summed E-state index contributed by atoms with van der Waals surface area (Å²) in [6.45, 7) is 5.78. The number of hydrogen-bond donors (Lipinski definition) is 1. The van der Waals surface area contributed by atoms with Crippen LogP contribution in [0.15, 0.2) is 53.9 Å². The highest BCUT2D eigenvalue weighted by atomic mass is 32.1. The first-order valence-corrected chi connectivity index (χ1v) is 12.2. The van der Waals surface area contributed by atoms with Crippen molar-refractivity contribution in [3.63, 3.8) is 0 Å². The fraction of sp³-hybridized carbons (Fsp3) is 0.308. The molecule has 8 nitrogen and oxygen atoms in total. The molecule has 0 spiro atoms. The fourth-order valence-corrected chi connectivity index (χ4v) is 3.86. The first-order chi connectivity index (χ1) is 16.9. The van der Waals surface area contributed by atoms with Crippen LogP contribution in [0.4, 0.5) is 5.69 Å². The van der Waals surface area contributed by atoms with E-state index in [1.165, 1.54) is 16.2 Å². The number of nitrogens with one attached hydrogen (secondary N) is 1. The minimum Gasteiger partial charge on any atom is -0.486 e. The van der Waals surface area contributed by atoms with Crippen LogP contribution in [0.2, 0.25) is 0 Å². The number of esters is 1. The molecule has 3 aromatic rings. The number of carbonyl (C=O) groups excluding carboxylic acids is 3. The van der Waals surface area contributed by atoms with Gasteiger partial charge in [0.15, 0.2) is 12.3 Å². The number of amides is 2. The summed E-state index contributed by atoms with van der Waals surface area (Å²) in [4.78, 5) is 43.1. The van der Waals surface area contributed by atoms with Crippen molar-refractivity contribution in [2.24, 2.45) is 0 Å². The SMILES string of the molecule is CCCN(CC(=O)Nc1ccccc1C)C(=O)COC(=O)c1csc(COc2ccc(C)cc2)n1. The van der Waals surface area contributed by atoms with Gasteiger partial charge >= 0.3 is 5.97 Å². The summed E-state index contributed by atoms with van der Waals surface area (Å²) in [5.41, 5.74) is 2.87. The van der Waals surface area contributed by atoms with Crippen LogP contribution in [0.1, 0.15) is 40.0 Å². The molecule has 1 aromatic heterocycles. The van der Waals surface area contributed by atoms with E-state index in [-0.39, 0.29) is 24.8 Å². The lowest BCUT2D eigenvalue weighted by molar-refractivity contribution is -0.137. The molecule has 0 atom stereocenters. The highest BCUT2D eigenvalue weighted by Crippen LogP contribution is 2.17. The number of hydrogen-bond acceptors (Lipinski definition) is 7. The Morgan fingerprint density at radius 1 is 1.06 bits per heavy atom. The van der Waals surface area contributed by atoms with Crippen molar-refractivity contribution in [3.8, 4) is 5.75 Å². The van der Waals surface area contributed by atoms with Crippen molar-refractivity contribution >= 4 is 34.8 Å². The molecule has 0 aliphatic heterocycles. The van der Waals surface area contributed by atoms with Gasteiger partial charge in [-0.05, 0) is 44.0 Å². The smallest absolute Gasteiger partial charge is 0.358 e. The highest BCUT2D eigenvalue weighted by molar-refractivity contribution is 7.09. The Hall–Kier alpha value is -3.72. The molecule has 1 heterocycles. The van der Waals surface area contributed by atoms with Crippen LogP contribution in [0, 0.1) is 13.8 Å². The molecule has 0 bridgehead atoms. The van der Waals surface area contributed by atoms with Gasteiger partial charge in [-0.2, -0.15) is 0 Å². The third kappa shape index (κ3) is 7.92. The molecular formula is C26H29N3O5S. The number of aryl methyl sites for hydroxylation is 2. The molecule has 0 aliphatic rings. The Balaban J connectivity index is 1.49. The Kier molecular flexibility index (Phi) is 9.37. The van der Waals surface area contributed by atoms with Crippen LogP contribution in [-0.2, 0) is 20.9 Å². The zero-order valence-corrected chi connectivity index (χ0v) is 20.9. The average molecular weight is 496 g/mol. The highest BCUT2D eigenvalue weighted by Gasteiger charge is 2.20. The fourth-order valence-electron chi connectivity index (χ4n) is 3.18. The minimum absolute atomic E-state index is 0.115. The molecule has 0 fully saturated rings. The lowest BCUT2D eigenvalue weighted by Gasteiger charge is -2.21. The number of carbonyl (C=O) groups is 3. The number of benzene rings is 2. The minimum atomic E-state index is -0.697. The van der Waals surface area contributed by atoms with Gasteiger partial charge in [0.2, 0.25) is 5.91 Å². The second-order valence-electron chi connectivity index (χ2n) is 7.98. The van der Waals surface area contributed by atoms with Crippen LogP contribution >= 0.6 is 11.3 Å². The molecule has 3 rings (SSSR count). The maximum Gasteiger partial charge on any atom is 0.358 e. The van der Waals surface area contributed by atoms with Crippen LogP contribution in [0.5, 0.6) is 5.75 Å². The quantitative estimate of drug-likeness (QED) is 0.397. The topological polar surface area (TPSA) is 97.8 Å². The van der Waals surface area contributed by atoms with E-state index in [9.17, 15) is 14.4 Å². The molecule has 0 aliphatic carbocycles. The van der Waals surface area contributed by atoms with E-state index in [0.29, 0.717) is 29.4 Å². The Morgan fingerprint density at radius 2 is 1.80 bits per heavy atom. The second kappa shape index (κ2) is 12.7. The molecule has 35 heavy (non-hydrogen) atoms. The summed E-state index contributed by atoms with van der Waals surface area (Å²) in [6, 6.07) is 15.0. The van der Waals surface area contributed by atoms with Crippen molar-refractivity contribution in [1.29, 1.82) is 0 Å². The van der Waals surface area contributed by atoms with Gasteiger partial charge < -0.3 is 19.7 Å². The zero-order chi connectivity index (χ0) is 25.2. The van der Waals surface area contributed by atoms with Gasteiger partial charge in [0.25, 0.3) is 5.91 Å². The monoisotopic (exact) mass is 495 g/mol. The van der Waals surface area contributed by atoms with Gasteiger partial charge in [-0.15, -0.1) is 11.3 Å². The van der Waals surface area contributed by atoms with Crippen molar-refractivity contribution in [2.75, 3.05) is 25.0 Å². The third-order valence-corrected chi connectivity index (χ3v) is 5.89. The van der Waals surface area contributed by atoms with E-state index in [1.807, 2.05) is 63.2 Å². The molecule has 184 valence electrons. The van der Waals surface area contributed by atoms with Crippen molar-refractivity contribution < 1.29 is 23.9 Å². The van der Waals surface area contributed by atoms with Crippen LogP contribution in [-0.4, -0.2) is 47.4 Å². The van der Waals surface area contributed by atoms with Crippen LogP contribution in [0.25, 0.3) is 0 Å². The Labute approximate surface area is 208 Å². The molecule has 0 saturated heterocycles. The van der Waals surface area contributed by atoms with E-state index in [4.69, 9.17) is 9.47 Å². The maximum atomic E-state index is 12.6. The number of anilines is 1. The van der Waals surface area contributed by atoms with Gasteiger partial charge in [-0.25, -0.2) is 9.78 Å². The molecule has 9 heteroatoms. The predicted molar refractivity (Wildman–Crippen MR) is 135 cm³/mol. The molecule has 2 aromatic carbocycles. The molecule has 1 N–H and O–H groups in total. The lowest BCUT2D eigenvalue weighted by atomic mass is 10.2. The molecular weight excluding hydrogens is 466 g/mol. The summed E-state index contributed by atoms with van der Waals surface area (Å²) in [5.74, 6) is -0.747. The van der Waals surface area contributed by atoms with E-state index >= 15 is 0 Å². The Bertz CT molecular complexity index is 1160. The van der Waals surface area contributed by atoms with Crippen LogP contribution < -0.4 is 10.1 Å². The number of nitrogens with zero attached hydrogens (tertiary/aromatic N) is 2. The van der Waals surface area contributed by atoms with Gasteiger partial charge in [-0.3, -0.25) is 9.59 Å². The van der Waals surface area contributed by atoms with E-state index in [2.05, 4.69) is 10.3 Å². The summed E-state index contributed by atoms with van der Waals surface area (Å²) in [5, 5.41) is 5.00. The molecule has 0 radical (unpaired) electrons. The van der Waals surface area contributed by atoms with Crippen LogP contribution in [0.3, 0.4) is 0 Å². The summed E-state index contributed by atoms with van der Waals surface area (Å²) in [7, 11) is 0. The van der Waals surface area contributed by atoms with Gasteiger partial charge in [0.1, 0.15) is 17.4 Å². The van der Waals surface area contributed by atoms with Crippen molar-refractivity contribution in [3.05, 3.63) is 75.7 Å². The standard InChI is InChI=1S/C26H29N3O5S/c1-4-13-29(14-23(30)27-21-8-6-5-7-19(21)3)25(31)16-34-26(32)22-17-35-24(28-22)15-33-20-11-9-18(2)10-12-20/h5-12,17H,4,13-16H2,1-3H3,(H,27,30). The van der Waals surface area contributed by atoms with E-state index in [0.717, 1.165) is 11.1 Å². The molecule has 0 saturated carbocycles. The van der Waals surface area contributed by atoms with Gasteiger partial charge in [0, 0.05) is 17.6 Å². The molecule has 0 unspecified atom stereocenters.